The Labute approximate surface area is 333 Å². The predicted molar refractivity (Wildman–Crippen MR) is 207 cm³/mol. The van der Waals surface area contributed by atoms with Crippen LogP contribution in [0.4, 0.5) is 0 Å². The molecule has 0 saturated carbocycles. The summed E-state index contributed by atoms with van der Waals surface area (Å²) < 4.78 is 19.7. The fourth-order valence-electron chi connectivity index (χ4n) is 2.68. The first-order valence-corrected chi connectivity index (χ1v) is 16.2. The van der Waals surface area contributed by atoms with Crippen LogP contribution in [0.1, 0.15) is 131 Å². The number of methoxy groups -OCH3 is 2. The molecule has 0 aliphatic rings. The third-order valence-electron chi connectivity index (χ3n) is 5.71. The molecule has 0 aliphatic heterocycles. The summed E-state index contributed by atoms with van der Waals surface area (Å²) in [5.41, 5.74) is 0. The third kappa shape index (κ3) is 62.7. The number of hydrogen-bond donors (Lipinski definition) is 0. The quantitative estimate of drug-likeness (QED) is 0.0536. The molecule has 0 aromatic rings. The molecule has 0 aromatic carbocycles. The minimum atomic E-state index is -0.456. The van der Waals surface area contributed by atoms with E-state index >= 15 is 0 Å². The van der Waals surface area contributed by atoms with E-state index in [1.165, 1.54) is 64.2 Å². The number of carbonyl (C=O) groups excluding carboxylic acids is 2. The minimum absolute atomic E-state index is 0. The van der Waals surface area contributed by atoms with E-state index in [0.717, 1.165) is 12.8 Å². The normalized spacial score (nSPS) is 11.9. The van der Waals surface area contributed by atoms with Gasteiger partial charge in [-0.25, -0.2) is 0 Å². The second-order valence-corrected chi connectivity index (χ2v) is 11.2. The second-order valence-electron chi connectivity index (χ2n) is 9.82. The molecule has 0 aliphatic carbocycles. The van der Waals surface area contributed by atoms with Crippen LogP contribution in [0.5, 0.6) is 0 Å². The molecule has 0 N–H and O–H groups in total. The molecule has 4 unspecified atom stereocenters. The minimum Gasteiger partial charge on any atom is -0.778 e. The van der Waals surface area contributed by atoms with Crippen molar-refractivity contribution >= 4 is 112 Å². The van der Waals surface area contributed by atoms with Gasteiger partial charge in [0.2, 0.25) is 0 Å². The van der Waals surface area contributed by atoms with Crippen molar-refractivity contribution in [2.45, 2.75) is 154 Å². The molecule has 0 spiro atoms. The standard InChI is InChI=1S/2C8H16O3S.2C8H17.2H2S.2Sn/c2*1-6(10-3)4-5-11-8(9)7(2)12;2*1-3-5-7-8-6-4-2;;;;/h2*6-7,12H,4-5H2,1-3H3;2*1,3-8H2,2H3;2*1H2;;/q;;;;;;;+2/p-2. The molecule has 0 bridgehead atoms. The summed E-state index contributed by atoms with van der Waals surface area (Å²) in [5.74, 6) is -0.651. The fraction of sp³-hybridized carbons (Fsp3) is 0.875. The maximum absolute atomic E-state index is 10.8. The Hall–Kier alpha value is 1.86. The van der Waals surface area contributed by atoms with Gasteiger partial charge in [0, 0.05) is 51.0 Å². The van der Waals surface area contributed by atoms with Gasteiger partial charge in [-0.05, 0) is 13.8 Å². The van der Waals surface area contributed by atoms with Gasteiger partial charge in [-0.1, -0.05) is 129 Å². The van der Waals surface area contributed by atoms with Gasteiger partial charge in [-0.15, -0.1) is 0 Å². The third-order valence-corrected chi connectivity index (χ3v) is 6.10. The maximum Gasteiger partial charge on any atom is 2.00 e. The van der Waals surface area contributed by atoms with Gasteiger partial charge in [0.25, 0.3) is 11.9 Å². The molecule has 44 heavy (non-hydrogen) atoms. The van der Waals surface area contributed by atoms with Crippen molar-refractivity contribution in [2.24, 2.45) is 0 Å². The molecular formula is C32H68O6S4Sn2. The van der Waals surface area contributed by atoms with Crippen LogP contribution >= 0.6 is 27.0 Å². The predicted octanol–water partition coefficient (Wildman–Crippen LogP) is 7.61. The summed E-state index contributed by atoms with van der Waals surface area (Å²) in [6.45, 7) is 19.9. The molecule has 6 nitrogen and oxygen atoms in total. The monoisotopic (exact) mass is 916 g/mol. The number of unbranched alkanes of at least 4 members (excludes halogenated alkanes) is 10. The summed E-state index contributed by atoms with van der Waals surface area (Å²) in [4.78, 5) is 21.7. The van der Waals surface area contributed by atoms with Crippen LogP contribution < -0.4 is 0 Å². The van der Waals surface area contributed by atoms with Gasteiger partial charge in [0.1, 0.15) is 0 Å². The number of ether oxygens (including phenoxy) is 4. The van der Waals surface area contributed by atoms with Crippen LogP contribution in [-0.4, -0.2) is 110 Å². The zero-order valence-electron chi connectivity index (χ0n) is 29.3. The molecule has 0 amide bonds. The second kappa shape index (κ2) is 54.3. The number of rotatable bonds is 20. The van der Waals surface area contributed by atoms with Crippen molar-refractivity contribution in [3.8, 4) is 0 Å². The van der Waals surface area contributed by atoms with E-state index in [-0.39, 0.29) is 99.0 Å². The SMILES string of the molecule is COC(C)CCOC(=O)C(C)[S-].COC(C)CCOC(=O)C(C)[S-].S.S.[CH2]CCCCCCC.[CH2]CCCCCCC.[Sn+2].[Sn]. The van der Waals surface area contributed by atoms with Crippen LogP contribution in [0.2, 0.25) is 0 Å². The van der Waals surface area contributed by atoms with Crippen LogP contribution in [0.15, 0.2) is 0 Å². The van der Waals surface area contributed by atoms with E-state index in [4.69, 9.17) is 44.2 Å². The van der Waals surface area contributed by atoms with E-state index in [1.807, 2.05) is 13.8 Å². The topological polar surface area (TPSA) is 71.1 Å². The summed E-state index contributed by atoms with van der Waals surface area (Å²) in [6.07, 6.45) is 17.6. The van der Waals surface area contributed by atoms with Crippen LogP contribution in [0.3, 0.4) is 0 Å². The molecule has 0 aromatic heterocycles. The van der Waals surface area contributed by atoms with Crippen molar-refractivity contribution in [3.63, 3.8) is 0 Å². The van der Waals surface area contributed by atoms with Crippen LogP contribution in [0, 0.1) is 13.8 Å². The zero-order valence-corrected chi connectivity index (χ0v) is 38.6. The maximum atomic E-state index is 10.8. The van der Waals surface area contributed by atoms with Crippen molar-refractivity contribution in [1.29, 1.82) is 0 Å². The number of esters is 2. The largest absolute Gasteiger partial charge is 2.00 e. The molecule has 4 atom stereocenters. The van der Waals surface area contributed by atoms with Crippen molar-refractivity contribution in [2.75, 3.05) is 27.4 Å². The fourth-order valence-corrected chi connectivity index (χ4v) is 2.82. The zero-order chi connectivity index (χ0) is 31.6. The summed E-state index contributed by atoms with van der Waals surface area (Å²) in [5, 5.41) is -0.911. The Bertz CT molecular complexity index is 467. The van der Waals surface area contributed by atoms with Gasteiger partial charge < -0.3 is 44.2 Å². The van der Waals surface area contributed by atoms with Crippen molar-refractivity contribution < 1.29 is 28.5 Å². The first-order valence-electron chi connectivity index (χ1n) is 15.3. The Morgan fingerprint density at radius 1 is 0.614 bits per heavy atom. The Morgan fingerprint density at radius 3 is 1.09 bits per heavy atom. The van der Waals surface area contributed by atoms with Gasteiger partial charge >= 0.3 is 23.9 Å². The first kappa shape index (κ1) is 64.4. The van der Waals surface area contributed by atoms with Crippen molar-refractivity contribution in [3.05, 3.63) is 13.8 Å². The summed E-state index contributed by atoms with van der Waals surface area (Å²) in [7, 11) is 3.25. The molecular weight excluding hydrogens is 846 g/mol. The molecule has 0 rings (SSSR count). The van der Waals surface area contributed by atoms with E-state index < -0.39 is 10.5 Å². The van der Waals surface area contributed by atoms with E-state index in [0.29, 0.717) is 26.1 Å². The number of carbonyl (C=O) groups is 2. The Balaban J connectivity index is -0.0000000646. The van der Waals surface area contributed by atoms with Gasteiger partial charge in [-0.3, -0.25) is 9.59 Å². The smallest absolute Gasteiger partial charge is 0.778 e. The van der Waals surface area contributed by atoms with E-state index in [9.17, 15) is 9.59 Å². The van der Waals surface area contributed by atoms with E-state index in [2.05, 4.69) is 27.7 Å². The average molecular weight is 915 g/mol. The molecule has 0 fully saturated rings. The molecule has 12 heteroatoms. The van der Waals surface area contributed by atoms with Crippen LogP contribution in [-0.2, 0) is 53.8 Å². The Morgan fingerprint density at radius 2 is 0.886 bits per heavy atom. The van der Waals surface area contributed by atoms with Gasteiger partial charge in [0.05, 0.1) is 25.4 Å². The van der Waals surface area contributed by atoms with Gasteiger partial charge in [-0.2, -0.15) is 27.0 Å². The average Bonchev–Trinajstić information content (AvgIpc) is 2.94. The first-order chi connectivity index (χ1) is 19.0. The summed E-state index contributed by atoms with van der Waals surface area (Å²) >= 11 is 9.41. The van der Waals surface area contributed by atoms with E-state index in [1.54, 1.807) is 28.1 Å². The molecule has 8 radical (unpaired) electrons. The molecule has 0 saturated heterocycles. The Kier molecular flexibility index (Phi) is 79.5. The van der Waals surface area contributed by atoms with Crippen LogP contribution in [0.25, 0.3) is 0 Å². The molecule has 264 valence electrons. The van der Waals surface area contributed by atoms with Gasteiger partial charge in [0.15, 0.2) is 0 Å². The van der Waals surface area contributed by atoms with Crippen molar-refractivity contribution in [1.82, 2.24) is 0 Å². The number of hydrogen-bond acceptors (Lipinski definition) is 8. The summed E-state index contributed by atoms with van der Waals surface area (Å²) in [6, 6.07) is 0. The molecule has 0 heterocycles.